The zero-order valence-corrected chi connectivity index (χ0v) is 10.8. The van der Waals surface area contributed by atoms with E-state index < -0.39 is 24.0 Å². The lowest BCUT2D eigenvalue weighted by atomic mass is 10.1. The van der Waals surface area contributed by atoms with Gasteiger partial charge >= 0.3 is 5.97 Å². The van der Waals surface area contributed by atoms with Gasteiger partial charge in [0.15, 0.2) is 6.04 Å². The monoisotopic (exact) mass is 274 g/mol. The van der Waals surface area contributed by atoms with E-state index in [1.807, 2.05) is 6.07 Å². The van der Waals surface area contributed by atoms with E-state index in [-0.39, 0.29) is 0 Å². The molecule has 0 saturated heterocycles. The molecule has 0 fully saturated rings. The highest BCUT2D eigenvalue weighted by Gasteiger charge is 2.25. The standard InChI is InChI=1S/C14H14N2O4/c1-8(17)12(14(19)20)16-13(18)10-4-5-11-9(7-10)3-2-6-15-11/h2-8,12,17H,1H3,(H,16,18)(H,19,20)/t8-,12+/m1/s1. The lowest BCUT2D eigenvalue weighted by Crippen LogP contribution is -2.47. The van der Waals surface area contributed by atoms with Crippen LogP contribution in [0.3, 0.4) is 0 Å². The minimum atomic E-state index is -1.34. The number of benzene rings is 1. The number of aliphatic hydroxyl groups excluding tert-OH is 1. The Balaban J connectivity index is 2.24. The average molecular weight is 274 g/mol. The first kappa shape index (κ1) is 14.0. The molecule has 6 heteroatoms. The van der Waals surface area contributed by atoms with Crippen molar-refractivity contribution in [2.45, 2.75) is 19.1 Å². The van der Waals surface area contributed by atoms with E-state index in [1.165, 1.54) is 6.92 Å². The molecule has 1 aromatic carbocycles. The van der Waals surface area contributed by atoms with Gasteiger partial charge in [0.05, 0.1) is 11.6 Å². The van der Waals surface area contributed by atoms with Gasteiger partial charge in [0.25, 0.3) is 5.91 Å². The van der Waals surface area contributed by atoms with Crippen molar-refractivity contribution >= 4 is 22.8 Å². The third-order valence-corrected chi connectivity index (χ3v) is 2.90. The van der Waals surface area contributed by atoms with Crippen molar-refractivity contribution in [3.8, 4) is 0 Å². The topological polar surface area (TPSA) is 99.5 Å². The summed E-state index contributed by atoms with van der Waals surface area (Å²) in [7, 11) is 0. The fourth-order valence-corrected chi connectivity index (χ4v) is 1.83. The second-order valence-corrected chi connectivity index (χ2v) is 4.44. The van der Waals surface area contributed by atoms with E-state index in [0.717, 1.165) is 10.9 Å². The highest BCUT2D eigenvalue weighted by Crippen LogP contribution is 2.13. The highest BCUT2D eigenvalue weighted by atomic mass is 16.4. The number of fused-ring (bicyclic) bond motifs is 1. The lowest BCUT2D eigenvalue weighted by molar-refractivity contribution is -0.141. The maximum Gasteiger partial charge on any atom is 0.328 e. The van der Waals surface area contributed by atoms with Crippen LogP contribution in [0.2, 0.25) is 0 Å². The van der Waals surface area contributed by atoms with Gasteiger partial charge in [-0.2, -0.15) is 0 Å². The number of carboxylic acids is 1. The van der Waals surface area contributed by atoms with E-state index in [1.54, 1.807) is 30.5 Å². The number of carbonyl (C=O) groups excluding carboxylic acids is 1. The number of pyridine rings is 1. The Hall–Kier alpha value is -2.47. The molecule has 0 unspecified atom stereocenters. The molecule has 1 heterocycles. The molecule has 2 aromatic rings. The second kappa shape index (κ2) is 5.66. The van der Waals surface area contributed by atoms with Crippen molar-refractivity contribution in [2.24, 2.45) is 0 Å². The average Bonchev–Trinajstić information content (AvgIpc) is 2.43. The van der Waals surface area contributed by atoms with Crippen molar-refractivity contribution < 1.29 is 19.8 Å². The van der Waals surface area contributed by atoms with Crippen LogP contribution in [-0.2, 0) is 4.79 Å². The van der Waals surface area contributed by atoms with Gasteiger partial charge in [-0.3, -0.25) is 9.78 Å². The van der Waals surface area contributed by atoms with Crippen molar-refractivity contribution in [1.82, 2.24) is 10.3 Å². The summed E-state index contributed by atoms with van der Waals surface area (Å²) >= 11 is 0. The van der Waals surface area contributed by atoms with Gasteiger partial charge in [-0.05, 0) is 31.2 Å². The van der Waals surface area contributed by atoms with Crippen LogP contribution in [0, 0.1) is 0 Å². The summed E-state index contributed by atoms with van der Waals surface area (Å²) in [5.74, 6) is -1.83. The Kier molecular flexibility index (Phi) is 3.95. The summed E-state index contributed by atoms with van der Waals surface area (Å²) in [6, 6.07) is 7.08. The Morgan fingerprint density at radius 3 is 2.70 bits per heavy atom. The number of nitrogens with one attached hydrogen (secondary N) is 1. The largest absolute Gasteiger partial charge is 0.480 e. The first-order valence-electron chi connectivity index (χ1n) is 6.05. The molecule has 0 radical (unpaired) electrons. The number of rotatable bonds is 4. The number of hydrogen-bond donors (Lipinski definition) is 3. The van der Waals surface area contributed by atoms with Crippen molar-refractivity contribution in [3.05, 3.63) is 42.1 Å². The lowest BCUT2D eigenvalue weighted by Gasteiger charge is -2.17. The Morgan fingerprint density at radius 1 is 1.30 bits per heavy atom. The summed E-state index contributed by atoms with van der Waals surface area (Å²) in [4.78, 5) is 27.1. The predicted octanol–water partition coefficient (Wildman–Crippen LogP) is 0.799. The Bertz CT molecular complexity index is 654. The van der Waals surface area contributed by atoms with Crippen LogP contribution in [0.5, 0.6) is 0 Å². The SMILES string of the molecule is C[C@@H](O)[C@H](NC(=O)c1ccc2ncccc2c1)C(=O)O. The fourth-order valence-electron chi connectivity index (χ4n) is 1.83. The van der Waals surface area contributed by atoms with Gasteiger partial charge in [-0.25, -0.2) is 4.79 Å². The van der Waals surface area contributed by atoms with Gasteiger partial charge in [0, 0.05) is 17.1 Å². The minimum absolute atomic E-state index is 0.317. The van der Waals surface area contributed by atoms with E-state index in [4.69, 9.17) is 5.11 Å². The van der Waals surface area contributed by atoms with Crippen LogP contribution in [0.1, 0.15) is 17.3 Å². The minimum Gasteiger partial charge on any atom is -0.480 e. The van der Waals surface area contributed by atoms with Gasteiger partial charge in [0.1, 0.15) is 0 Å². The molecule has 1 aromatic heterocycles. The van der Waals surface area contributed by atoms with Gasteiger partial charge in [0.2, 0.25) is 0 Å². The van der Waals surface area contributed by atoms with E-state index >= 15 is 0 Å². The van der Waals surface area contributed by atoms with Crippen LogP contribution in [0.15, 0.2) is 36.5 Å². The predicted molar refractivity (Wildman–Crippen MR) is 72.3 cm³/mol. The number of aromatic nitrogens is 1. The molecule has 0 bridgehead atoms. The molecular formula is C14H14N2O4. The summed E-state index contributed by atoms with van der Waals surface area (Å²) < 4.78 is 0. The van der Waals surface area contributed by atoms with Crippen LogP contribution in [0.4, 0.5) is 0 Å². The Labute approximate surface area is 115 Å². The van der Waals surface area contributed by atoms with Gasteiger partial charge < -0.3 is 15.5 Å². The van der Waals surface area contributed by atoms with E-state index in [2.05, 4.69) is 10.3 Å². The number of aliphatic carboxylic acids is 1. The van der Waals surface area contributed by atoms with Gasteiger partial charge in [-0.15, -0.1) is 0 Å². The number of nitrogens with zero attached hydrogens (tertiary/aromatic N) is 1. The zero-order valence-electron chi connectivity index (χ0n) is 10.8. The quantitative estimate of drug-likeness (QED) is 0.765. The molecule has 1 amide bonds. The Morgan fingerprint density at radius 2 is 2.05 bits per heavy atom. The molecule has 0 spiro atoms. The molecule has 104 valence electrons. The van der Waals surface area contributed by atoms with Crippen molar-refractivity contribution in [1.29, 1.82) is 0 Å². The maximum absolute atomic E-state index is 12.0. The second-order valence-electron chi connectivity index (χ2n) is 4.44. The molecule has 0 saturated carbocycles. The van der Waals surface area contributed by atoms with Crippen LogP contribution < -0.4 is 5.32 Å². The molecule has 2 atom stereocenters. The third-order valence-electron chi connectivity index (χ3n) is 2.90. The molecule has 20 heavy (non-hydrogen) atoms. The summed E-state index contributed by atoms with van der Waals surface area (Å²) in [5, 5.41) is 21.3. The number of carboxylic acid groups (broad SMARTS) is 1. The molecule has 0 aliphatic rings. The molecule has 3 N–H and O–H groups in total. The third kappa shape index (κ3) is 2.92. The molecule has 2 rings (SSSR count). The molecule has 0 aliphatic heterocycles. The first-order valence-corrected chi connectivity index (χ1v) is 6.05. The molecule has 6 nitrogen and oxygen atoms in total. The number of carbonyl (C=O) groups is 2. The molecule has 0 aliphatic carbocycles. The molecular weight excluding hydrogens is 260 g/mol. The first-order chi connectivity index (χ1) is 9.49. The normalized spacial score (nSPS) is 13.7. The van der Waals surface area contributed by atoms with Crippen molar-refractivity contribution in [3.63, 3.8) is 0 Å². The number of amides is 1. The summed E-state index contributed by atoms with van der Waals surface area (Å²) in [6.45, 7) is 1.31. The smallest absolute Gasteiger partial charge is 0.328 e. The fraction of sp³-hybridized carbons (Fsp3) is 0.214. The maximum atomic E-state index is 12.0. The number of hydrogen-bond acceptors (Lipinski definition) is 4. The summed E-state index contributed by atoms with van der Waals surface area (Å²) in [5.41, 5.74) is 1.06. The van der Waals surface area contributed by atoms with Crippen LogP contribution >= 0.6 is 0 Å². The zero-order chi connectivity index (χ0) is 14.7. The van der Waals surface area contributed by atoms with E-state index in [9.17, 15) is 14.7 Å². The summed E-state index contributed by atoms with van der Waals surface area (Å²) in [6.07, 6.45) is 0.467. The van der Waals surface area contributed by atoms with E-state index in [0.29, 0.717) is 5.56 Å². The van der Waals surface area contributed by atoms with Crippen molar-refractivity contribution in [2.75, 3.05) is 0 Å². The van der Waals surface area contributed by atoms with Gasteiger partial charge in [-0.1, -0.05) is 6.07 Å². The highest BCUT2D eigenvalue weighted by molar-refractivity contribution is 5.99. The number of aliphatic hydroxyl groups is 1. The van der Waals surface area contributed by atoms with Crippen LogP contribution in [-0.4, -0.2) is 39.2 Å². The van der Waals surface area contributed by atoms with Crippen LogP contribution in [0.25, 0.3) is 10.9 Å².